The second kappa shape index (κ2) is 7.50. The second-order valence-electron chi connectivity index (χ2n) is 7.41. The van der Waals surface area contributed by atoms with Gasteiger partial charge in [0.2, 0.25) is 0 Å². The lowest BCUT2D eigenvalue weighted by atomic mass is 9.96. The highest BCUT2D eigenvalue weighted by atomic mass is 35.5. The van der Waals surface area contributed by atoms with Crippen LogP contribution in [-0.4, -0.2) is 16.8 Å². The molecular formula is C24H20ClNO4. The van der Waals surface area contributed by atoms with Crippen LogP contribution in [0.25, 0.3) is 5.76 Å². The van der Waals surface area contributed by atoms with Crippen LogP contribution in [0, 0.1) is 20.8 Å². The van der Waals surface area contributed by atoms with Crippen molar-refractivity contribution >= 4 is 34.7 Å². The SMILES string of the molecule is Cc1ccc(C)c(/C(O)=C2\C(=O)C(=O)N(c3ccc(Cl)cc3)C2c2ccc(C)o2)c1. The largest absolute Gasteiger partial charge is 0.507 e. The number of amides is 1. The Hall–Kier alpha value is -3.31. The van der Waals surface area contributed by atoms with Gasteiger partial charge in [0.25, 0.3) is 11.7 Å². The van der Waals surface area contributed by atoms with E-state index in [1.165, 1.54) is 4.90 Å². The van der Waals surface area contributed by atoms with Gasteiger partial charge in [-0.1, -0.05) is 29.3 Å². The topological polar surface area (TPSA) is 70.8 Å². The molecule has 1 unspecified atom stereocenters. The first-order valence-electron chi connectivity index (χ1n) is 9.48. The fraction of sp³-hybridized carbons (Fsp3) is 0.167. The zero-order chi connectivity index (χ0) is 21.6. The third-order valence-corrected chi connectivity index (χ3v) is 5.48. The molecule has 0 bridgehead atoms. The first kappa shape index (κ1) is 20.0. The molecule has 1 aliphatic rings. The Morgan fingerprint density at radius 2 is 1.70 bits per heavy atom. The fourth-order valence-corrected chi connectivity index (χ4v) is 3.83. The number of aliphatic hydroxyl groups is 1. The van der Waals surface area contributed by atoms with Gasteiger partial charge in [-0.3, -0.25) is 14.5 Å². The van der Waals surface area contributed by atoms with Crippen molar-refractivity contribution in [2.45, 2.75) is 26.8 Å². The number of nitrogens with zero attached hydrogens (tertiary/aromatic N) is 1. The maximum Gasteiger partial charge on any atom is 0.300 e. The van der Waals surface area contributed by atoms with Crippen molar-refractivity contribution in [1.82, 2.24) is 0 Å². The molecule has 0 saturated carbocycles. The number of halogens is 1. The van der Waals surface area contributed by atoms with Crippen LogP contribution in [0.2, 0.25) is 5.02 Å². The molecule has 6 heteroatoms. The van der Waals surface area contributed by atoms with E-state index in [-0.39, 0.29) is 11.3 Å². The molecule has 2 heterocycles. The molecule has 1 aromatic heterocycles. The summed E-state index contributed by atoms with van der Waals surface area (Å²) < 4.78 is 5.79. The van der Waals surface area contributed by atoms with Crippen LogP contribution >= 0.6 is 11.6 Å². The summed E-state index contributed by atoms with van der Waals surface area (Å²) in [4.78, 5) is 27.5. The van der Waals surface area contributed by atoms with E-state index in [9.17, 15) is 14.7 Å². The summed E-state index contributed by atoms with van der Waals surface area (Å²) in [7, 11) is 0. The van der Waals surface area contributed by atoms with Crippen LogP contribution in [0.3, 0.4) is 0 Å². The van der Waals surface area contributed by atoms with E-state index >= 15 is 0 Å². The number of rotatable bonds is 3. The molecule has 1 N–H and O–H groups in total. The van der Waals surface area contributed by atoms with Gasteiger partial charge in [0.15, 0.2) is 0 Å². The molecule has 30 heavy (non-hydrogen) atoms. The fourth-order valence-electron chi connectivity index (χ4n) is 3.71. The van der Waals surface area contributed by atoms with Crippen molar-refractivity contribution in [3.05, 3.63) is 93.4 Å². The molecule has 0 radical (unpaired) electrons. The highest BCUT2D eigenvalue weighted by Crippen LogP contribution is 2.43. The summed E-state index contributed by atoms with van der Waals surface area (Å²) in [6.07, 6.45) is 0. The smallest absolute Gasteiger partial charge is 0.300 e. The predicted octanol–water partition coefficient (Wildman–Crippen LogP) is 5.48. The van der Waals surface area contributed by atoms with Crippen LogP contribution < -0.4 is 4.90 Å². The normalized spacial score (nSPS) is 18.3. The number of carbonyl (C=O) groups is 2. The van der Waals surface area contributed by atoms with E-state index in [2.05, 4.69) is 0 Å². The first-order chi connectivity index (χ1) is 14.3. The Morgan fingerprint density at radius 3 is 2.33 bits per heavy atom. The minimum absolute atomic E-state index is 0.00185. The van der Waals surface area contributed by atoms with Crippen LogP contribution in [0.4, 0.5) is 5.69 Å². The molecular weight excluding hydrogens is 402 g/mol. The van der Waals surface area contributed by atoms with E-state index in [0.29, 0.717) is 27.8 Å². The molecule has 1 aliphatic heterocycles. The zero-order valence-corrected chi connectivity index (χ0v) is 17.5. The average molecular weight is 422 g/mol. The summed E-state index contributed by atoms with van der Waals surface area (Å²) in [5.41, 5.74) is 2.72. The van der Waals surface area contributed by atoms with Gasteiger partial charge < -0.3 is 9.52 Å². The minimum atomic E-state index is -0.889. The van der Waals surface area contributed by atoms with Gasteiger partial charge in [-0.05, 0) is 68.8 Å². The lowest BCUT2D eigenvalue weighted by molar-refractivity contribution is -0.132. The number of Topliss-reactive ketones (excluding diaryl/α,β-unsaturated/α-hetero) is 1. The second-order valence-corrected chi connectivity index (χ2v) is 7.85. The third kappa shape index (κ3) is 3.31. The number of carbonyl (C=O) groups excluding carboxylic acids is 2. The Labute approximate surface area is 179 Å². The molecule has 2 aromatic carbocycles. The standard InChI is InChI=1S/C24H20ClNO4/c1-13-4-5-14(2)18(12-13)22(27)20-21(19-11-6-15(3)30-19)26(24(29)23(20)28)17-9-7-16(25)8-10-17/h4-12,21,27H,1-3H3/b22-20+. The van der Waals surface area contributed by atoms with Crippen LogP contribution in [0.15, 0.2) is 64.6 Å². The van der Waals surface area contributed by atoms with E-state index in [0.717, 1.165) is 11.1 Å². The quantitative estimate of drug-likeness (QED) is 0.345. The van der Waals surface area contributed by atoms with E-state index in [4.69, 9.17) is 16.0 Å². The predicted molar refractivity (Wildman–Crippen MR) is 116 cm³/mol. The van der Waals surface area contributed by atoms with Gasteiger partial charge in [0, 0.05) is 16.3 Å². The molecule has 4 rings (SSSR count). The van der Waals surface area contributed by atoms with Gasteiger partial charge in [0.1, 0.15) is 23.3 Å². The van der Waals surface area contributed by atoms with Crippen LogP contribution in [0.1, 0.15) is 34.3 Å². The maximum atomic E-state index is 13.1. The maximum absolute atomic E-state index is 13.1. The van der Waals surface area contributed by atoms with Crippen molar-refractivity contribution in [3.63, 3.8) is 0 Å². The number of aryl methyl sites for hydroxylation is 3. The Balaban J connectivity index is 1.96. The molecule has 5 nitrogen and oxygen atoms in total. The summed E-state index contributed by atoms with van der Waals surface area (Å²) in [6.45, 7) is 5.52. The number of hydrogen-bond acceptors (Lipinski definition) is 4. The highest BCUT2D eigenvalue weighted by molar-refractivity contribution is 6.51. The van der Waals surface area contributed by atoms with Gasteiger partial charge in [0.05, 0.1) is 5.57 Å². The van der Waals surface area contributed by atoms with Crippen LogP contribution in [-0.2, 0) is 9.59 Å². The van der Waals surface area contributed by atoms with Crippen molar-refractivity contribution in [2.75, 3.05) is 4.90 Å². The van der Waals surface area contributed by atoms with Crippen molar-refractivity contribution in [3.8, 4) is 0 Å². The van der Waals surface area contributed by atoms with Gasteiger partial charge in [-0.2, -0.15) is 0 Å². The molecule has 3 aromatic rings. The van der Waals surface area contributed by atoms with E-state index in [1.54, 1.807) is 49.4 Å². The summed E-state index contributed by atoms with van der Waals surface area (Å²) in [5, 5.41) is 11.7. The Kier molecular flexibility index (Phi) is 5.00. The summed E-state index contributed by atoms with van der Waals surface area (Å²) in [6, 6.07) is 14.8. The lowest BCUT2D eigenvalue weighted by Gasteiger charge is -2.23. The number of hydrogen-bond donors (Lipinski definition) is 1. The third-order valence-electron chi connectivity index (χ3n) is 5.23. The monoisotopic (exact) mass is 421 g/mol. The van der Waals surface area contributed by atoms with Gasteiger partial charge >= 0.3 is 0 Å². The number of benzene rings is 2. The molecule has 1 saturated heterocycles. The molecule has 1 amide bonds. The van der Waals surface area contributed by atoms with E-state index < -0.39 is 17.7 Å². The Bertz CT molecular complexity index is 1190. The molecule has 152 valence electrons. The highest BCUT2D eigenvalue weighted by Gasteiger charge is 2.48. The molecule has 0 aliphatic carbocycles. The van der Waals surface area contributed by atoms with Crippen LogP contribution in [0.5, 0.6) is 0 Å². The molecule has 1 atom stereocenters. The number of aliphatic hydroxyl groups excluding tert-OH is 1. The van der Waals surface area contributed by atoms with E-state index in [1.807, 2.05) is 26.0 Å². The molecule has 1 fully saturated rings. The van der Waals surface area contributed by atoms with Gasteiger partial charge in [-0.15, -0.1) is 0 Å². The Morgan fingerprint density at radius 1 is 1.00 bits per heavy atom. The minimum Gasteiger partial charge on any atom is -0.507 e. The first-order valence-corrected chi connectivity index (χ1v) is 9.86. The lowest BCUT2D eigenvalue weighted by Crippen LogP contribution is -2.29. The summed E-state index contributed by atoms with van der Waals surface area (Å²) >= 11 is 5.99. The number of furan rings is 1. The van der Waals surface area contributed by atoms with Crippen molar-refractivity contribution in [1.29, 1.82) is 0 Å². The molecule has 0 spiro atoms. The zero-order valence-electron chi connectivity index (χ0n) is 16.8. The summed E-state index contributed by atoms with van der Waals surface area (Å²) in [5.74, 6) is -0.678. The van der Waals surface area contributed by atoms with Crippen molar-refractivity contribution < 1.29 is 19.1 Å². The number of ketones is 1. The van der Waals surface area contributed by atoms with Gasteiger partial charge in [-0.25, -0.2) is 0 Å². The van der Waals surface area contributed by atoms with Crippen molar-refractivity contribution in [2.24, 2.45) is 0 Å². The average Bonchev–Trinajstić information content (AvgIpc) is 3.25. The number of anilines is 1.